The zero-order valence-electron chi connectivity index (χ0n) is 8.64. The van der Waals surface area contributed by atoms with Crippen molar-refractivity contribution in [2.75, 3.05) is 13.7 Å². The Morgan fingerprint density at radius 1 is 1.57 bits per heavy atom. The minimum atomic E-state index is -0.300. The number of ether oxygens (including phenoxy) is 1. The molecule has 0 aromatic heterocycles. The van der Waals surface area contributed by atoms with Crippen molar-refractivity contribution >= 4 is 6.09 Å². The molecule has 1 saturated heterocycles. The van der Waals surface area contributed by atoms with Gasteiger partial charge >= 0.3 is 6.09 Å². The second-order valence-electron chi connectivity index (χ2n) is 4.39. The fraction of sp³-hybridized carbons (Fsp3) is 0.900. The summed E-state index contributed by atoms with van der Waals surface area (Å²) in [5.74, 6) is 0. The third-order valence-electron chi connectivity index (χ3n) is 3.45. The third-order valence-corrected chi connectivity index (χ3v) is 3.45. The summed E-state index contributed by atoms with van der Waals surface area (Å²) in [6, 6.07) is 0.295. The highest BCUT2D eigenvalue weighted by Gasteiger charge is 2.41. The fourth-order valence-corrected chi connectivity index (χ4v) is 2.49. The van der Waals surface area contributed by atoms with Crippen LogP contribution in [-0.2, 0) is 4.74 Å². The van der Waals surface area contributed by atoms with E-state index >= 15 is 0 Å². The molecular weight excluding hydrogens is 180 g/mol. The first-order valence-electron chi connectivity index (χ1n) is 5.34. The van der Waals surface area contributed by atoms with Crippen LogP contribution in [0.5, 0.6) is 0 Å². The summed E-state index contributed by atoms with van der Waals surface area (Å²) in [6.07, 6.45) is 5.60. The molecule has 80 valence electrons. The molecule has 0 aromatic carbocycles. The molecule has 2 fully saturated rings. The van der Waals surface area contributed by atoms with Crippen molar-refractivity contribution in [3.05, 3.63) is 0 Å². The van der Waals surface area contributed by atoms with Gasteiger partial charge in [-0.2, -0.15) is 0 Å². The lowest BCUT2D eigenvalue weighted by atomic mass is 9.70. The molecule has 1 saturated carbocycles. The molecule has 1 atom stereocenters. The van der Waals surface area contributed by atoms with Gasteiger partial charge in [-0.25, -0.2) is 4.79 Å². The van der Waals surface area contributed by atoms with Crippen molar-refractivity contribution < 1.29 is 9.53 Å². The van der Waals surface area contributed by atoms with Crippen LogP contribution in [0.4, 0.5) is 4.79 Å². The van der Waals surface area contributed by atoms with Crippen molar-refractivity contribution in [2.24, 2.45) is 0 Å². The van der Waals surface area contributed by atoms with Gasteiger partial charge in [0.05, 0.1) is 7.11 Å². The molecular formula is C10H18N2O2. The van der Waals surface area contributed by atoms with Crippen LogP contribution in [0, 0.1) is 0 Å². The van der Waals surface area contributed by atoms with Crippen LogP contribution in [-0.4, -0.2) is 31.3 Å². The zero-order valence-corrected chi connectivity index (χ0v) is 8.64. The monoisotopic (exact) mass is 198 g/mol. The second kappa shape index (κ2) is 3.77. The maximum Gasteiger partial charge on any atom is 0.407 e. The summed E-state index contributed by atoms with van der Waals surface area (Å²) in [6.45, 7) is 1.01. The van der Waals surface area contributed by atoms with E-state index in [0.717, 1.165) is 19.4 Å². The zero-order chi connectivity index (χ0) is 10.0. The predicted molar refractivity (Wildman–Crippen MR) is 53.1 cm³/mol. The molecule has 1 spiro atoms. The number of carbonyl (C=O) groups is 1. The van der Waals surface area contributed by atoms with Crippen molar-refractivity contribution in [1.82, 2.24) is 10.6 Å². The van der Waals surface area contributed by atoms with Gasteiger partial charge in [-0.15, -0.1) is 0 Å². The van der Waals surface area contributed by atoms with Gasteiger partial charge in [0.25, 0.3) is 0 Å². The van der Waals surface area contributed by atoms with E-state index < -0.39 is 0 Å². The lowest BCUT2D eigenvalue weighted by molar-refractivity contribution is 0.112. The summed E-state index contributed by atoms with van der Waals surface area (Å²) in [4.78, 5) is 11.0. The average molecular weight is 198 g/mol. The summed E-state index contributed by atoms with van der Waals surface area (Å²) in [5, 5.41) is 6.45. The van der Waals surface area contributed by atoms with Crippen LogP contribution < -0.4 is 10.6 Å². The van der Waals surface area contributed by atoms with Crippen LogP contribution in [0.15, 0.2) is 0 Å². The lowest BCUT2D eigenvalue weighted by Crippen LogP contribution is -2.59. The summed E-state index contributed by atoms with van der Waals surface area (Å²) < 4.78 is 4.60. The molecule has 0 bridgehead atoms. The van der Waals surface area contributed by atoms with Gasteiger partial charge in [0.2, 0.25) is 0 Å². The molecule has 4 nitrogen and oxygen atoms in total. The van der Waals surface area contributed by atoms with Gasteiger partial charge in [0.1, 0.15) is 0 Å². The third kappa shape index (κ3) is 1.85. The standard InChI is InChI=1S/C10H18N2O2/c1-14-9(13)12-8-3-6-11-10(7-8)4-2-5-10/h8,11H,2-7H2,1H3,(H,12,13). The number of hydrogen-bond acceptors (Lipinski definition) is 3. The Kier molecular flexibility index (Phi) is 2.63. The molecule has 1 amide bonds. The summed E-state index contributed by atoms with van der Waals surface area (Å²) >= 11 is 0. The number of methoxy groups -OCH3 is 1. The van der Waals surface area contributed by atoms with E-state index in [-0.39, 0.29) is 6.09 Å². The Morgan fingerprint density at radius 2 is 2.36 bits per heavy atom. The number of hydrogen-bond donors (Lipinski definition) is 2. The van der Waals surface area contributed by atoms with Crippen LogP contribution in [0.25, 0.3) is 0 Å². The molecule has 2 rings (SSSR count). The van der Waals surface area contributed by atoms with Crippen LogP contribution in [0.3, 0.4) is 0 Å². The van der Waals surface area contributed by atoms with E-state index in [4.69, 9.17) is 0 Å². The number of piperidine rings is 1. The summed E-state index contributed by atoms with van der Waals surface area (Å²) in [5.41, 5.74) is 0.337. The Balaban J connectivity index is 1.84. The molecule has 1 aliphatic heterocycles. The van der Waals surface area contributed by atoms with Crippen LogP contribution in [0.1, 0.15) is 32.1 Å². The number of nitrogens with one attached hydrogen (secondary N) is 2. The molecule has 2 N–H and O–H groups in total. The highest BCUT2D eigenvalue weighted by molar-refractivity contribution is 5.67. The Labute approximate surface area is 84.4 Å². The molecule has 1 aliphatic carbocycles. The van der Waals surface area contributed by atoms with Crippen LogP contribution >= 0.6 is 0 Å². The first-order valence-corrected chi connectivity index (χ1v) is 5.34. The predicted octanol–water partition coefficient (Wildman–Crippen LogP) is 1.02. The molecule has 0 radical (unpaired) electrons. The second-order valence-corrected chi connectivity index (χ2v) is 4.39. The van der Waals surface area contributed by atoms with E-state index in [1.165, 1.54) is 26.4 Å². The van der Waals surface area contributed by atoms with Gasteiger partial charge in [0.15, 0.2) is 0 Å². The van der Waals surface area contributed by atoms with E-state index in [1.807, 2.05) is 0 Å². The minimum absolute atomic E-state index is 0.295. The van der Waals surface area contributed by atoms with Crippen molar-refractivity contribution in [1.29, 1.82) is 0 Å². The van der Waals surface area contributed by atoms with Gasteiger partial charge < -0.3 is 15.4 Å². The number of rotatable bonds is 1. The molecule has 4 heteroatoms. The van der Waals surface area contributed by atoms with Crippen molar-refractivity contribution in [3.63, 3.8) is 0 Å². The van der Waals surface area contributed by atoms with Gasteiger partial charge in [-0.05, 0) is 38.6 Å². The molecule has 1 unspecified atom stereocenters. The number of alkyl carbamates (subject to hydrolysis) is 1. The average Bonchev–Trinajstić information content (AvgIpc) is 2.16. The first-order chi connectivity index (χ1) is 6.74. The van der Waals surface area contributed by atoms with E-state index in [2.05, 4.69) is 15.4 Å². The van der Waals surface area contributed by atoms with Crippen molar-refractivity contribution in [3.8, 4) is 0 Å². The van der Waals surface area contributed by atoms with Gasteiger partial charge in [0, 0.05) is 11.6 Å². The largest absolute Gasteiger partial charge is 0.453 e. The van der Waals surface area contributed by atoms with Gasteiger partial charge in [-0.1, -0.05) is 0 Å². The maximum absolute atomic E-state index is 11.0. The Bertz CT molecular complexity index is 226. The highest BCUT2D eigenvalue weighted by atomic mass is 16.5. The fourth-order valence-electron chi connectivity index (χ4n) is 2.49. The molecule has 14 heavy (non-hydrogen) atoms. The van der Waals surface area contributed by atoms with Crippen LogP contribution in [0.2, 0.25) is 0 Å². The van der Waals surface area contributed by atoms with Gasteiger partial charge in [-0.3, -0.25) is 0 Å². The normalized spacial score (nSPS) is 29.4. The quantitative estimate of drug-likeness (QED) is 0.661. The smallest absolute Gasteiger partial charge is 0.407 e. The Hall–Kier alpha value is -0.770. The Morgan fingerprint density at radius 3 is 2.93 bits per heavy atom. The van der Waals surface area contributed by atoms with E-state index in [0.29, 0.717) is 11.6 Å². The number of carbonyl (C=O) groups excluding carboxylic acids is 1. The summed E-state index contributed by atoms with van der Waals surface area (Å²) in [7, 11) is 1.41. The van der Waals surface area contributed by atoms with E-state index in [1.54, 1.807) is 0 Å². The number of amides is 1. The van der Waals surface area contributed by atoms with Crippen molar-refractivity contribution in [2.45, 2.75) is 43.7 Å². The molecule has 2 aliphatic rings. The van der Waals surface area contributed by atoms with E-state index in [9.17, 15) is 4.79 Å². The SMILES string of the molecule is COC(=O)NC1CCNC2(CCC2)C1. The first kappa shape index (κ1) is 9.77. The lowest BCUT2D eigenvalue weighted by Gasteiger charge is -2.48. The molecule has 1 heterocycles. The minimum Gasteiger partial charge on any atom is -0.453 e. The topological polar surface area (TPSA) is 50.4 Å². The molecule has 0 aromatic rings. The maximum atomic E-state index is 11.0. The highest BCUT2D eigenvalue weighted by Crippen LogP contribution is 2.38.